The van der Waals surface area contributed by atoms with Crippen LogP contribution in [-0.2, 0) is 60.7 Å². The lowest BCUT2D eigenvalue weighted by Gasteiger charge is -2.46. The first kappa shape index (κ1) is 62.8. The number of fused-ring (bicyclic) bond motifs is 1. The molecule has 6 aromatic carbocycles. The Morgan fingerprint density at radius 3 is 0.951 bits per heavy atom. The molecule has 81 heavy (non-hydrogen) atoms. The highest BCUT2D eigenvalue weighted by molar-refractivity contribution is 7.80. The Hall–Kier alpha value is -7.40. The summed E-state index contributed by atoms with van der Waals surface area (Å²) in [5, 5.41) is 0.945. The van der Waals surface area contributed by atoms with Gasteiger partial charge >= 0.3 is 55.4 Å². The maximum atomic E-state index is 14.2. The third-order valence-corrected chi connectivity index (χ3v) is 12.3. The lowest BCUT2D eigenvalue weighted by Crippen LogP contribution is -2.75. The number of rotatable bonds is 9. The summed E-state index contributed by atoms with van der Waals surface area (Å²) in [6, 6.07) is 11.3. The van der Waals surface area contributed by atoms with Gasteiger partial charge in [-0.3, -0.25) is 4.79 Å². The molecule has 1 heterocycles. The molecule has 7 aromatic rings. The van der Waals surface area contributed by atoms with Crippen molar-refractivity contribution in [1.29, 1.82) is 0 Å². The van der Waals surface area contributed by atoms with Gasteiger partial charge in [-0.2, -0.15) is 132 Å². The number of thiol groups is 1. The Labute approximate surface area is 443 Å². The lowest BCUT2D eigenvalue weighted by atomic mass is 9.12. The minimum absolute atomic E-state index is 0.0156. The van der Waals surface area contributed by atoms with Gasteiger partial charge < -0.3 is 4.74 Å². The molecular formula is C51H28BF24NO3S. The molecule has 0 bridgehead atoms. The average molecular weight is 1200 g/mol. The molecule has 0 aliphatic carbocycles. The van der Waals surface area contributed by atoms with E-state index in [1.165, 1.54) is 0 Å². The van der Waals surface area contributed by atoms with E-state index in [1.54, 1.807) is 22.8 Å². The highest BCUT2D eigenvalue weighted by atomic mass is 32.1. The number of pyridine rings is 1. The zero-order valence-corrected chi connectivity index (χ0v) is 40.4. The Bertz CT molecular complexity index is 3030. The molecule has 4 nitrogen and oxygen atoms in total. The number of benzene rings is 6. The molecule has 0 spiro atoms. The Morgan fingerprint density at radius 2 is 0.667 bits per heavy atom. The van der Waals surface area contributed by atoms with E-state index in [-0.39, 0.29) is 18.3 Å². The minimum atomic E-state index is -6.13. The van der Waals surface area contributed by atoms with Gasteiger partial charge in [0.05, 0.1) is 44.5 Å². The Morgan fingerprint density at radius 1 is 0.383 bits per heavy atom. The number of carbonyl (C=O) groups excluding carboxylic acids is 2. The summed E-state index contributed by atoms with van der Waals surface area (Å²) in [5.41, 5.74) is -28.5. The van der Waals surface area contributed by atoms with E-state index < -0.39 is 201 Å². The smallest absolute Gasteiger partial charge is 0.416 e. The zero-order chi connectivity index (χ0) is 60.9. The first-order chi connectivity index (χ1) is 37.0. The second kappa shape index (κ2) is 22.2. The number of hydrogen-bond donors (Lipinski definition) is 1. The fraction of sp³-hybridized carbons (Fsp3) is 0.196. The summed E-state index contributed by atoms with van der Waals surface area (Å²) < 4.78 is 348. The molecular weight excluding hydrogens is 1170 g/mol. The molecule has 0 radical (unpaired) electrons. The molecule has 432 valence electrons. The van der Waals surface area contributed by atoms with Crippen LogP contribution in [0.5, 0.6) is 0 Å². The number of ether oxygens (including phenoxy) is 1. The number of para-hydroxylation sites is 1. The molecule has 0 aliphatic heterocycles. The normalized spacial score (nSPS) is 13.2. The van der Waals surface area contributed by atoms with Crippen LogP contribution in [0.3, 0.4) is 0 Å². The highest BCUT2D eigenvalue weighted by Gasteiger charge is 2.47. The fourth-order valence-electron chi connectivity index (χ4n) is 8.67. The summed E-state index contributed by atoms with van der Waals surface area (Å²) in [6.45, 7) is 0.0579. The number of alkyl halides is 24. The number of nitrogens with zero attached hydrogens (tertiary/aromatic N) is 1. The van der Waals surface area contributed by atoms with Crippen molar-refractivity contribution in [3.8, 4) is 0 Å². The molecule has 30 heteroatoms. The van der Waals surface area contributed by atoms with E-state index >= 15 is 0 Å². The van der Waals surface area contributed by atoms with Crippen molar-refractivity contribution in [3.63, 3.8) is 0 Å². The summed E-state index contributed by atoms with van der Waals surface area (Å²) in [7, 11) is 0. The van der Waals surface area contributed by atoms with Gasteiger partial charge in [-0.05, 0) is 36.4 Å². The number of carbonyl (C=O) groups is 2. The van der Waals surface area contributed by atoms with Crippen LogP contribution in [0, 0.1) is 0 Å². The van der Waals surface area contributed by atoms with E-state index in [2.05, 4.69) is 12.6 Å². The van der Waals surface area contributed by atoms with Gasteiger partial charge in [0.25, 0.3) is 5.69 Å². The lowest BCUT2D eigenvalue weighted by molar-refractivity contribution is -0.659. The van der Waals surface area contributed by atoms with Crippen molar-refractivity contribution < 1.29 is 124 Å². The standard InChI is InChI=1S/C32H12BF24.C19H15NO3S/c34-25(35,36)13-1-14(26(37,38)39)6-21(5-13)33(22-7-15(27(40,41)42)2-16(8-22)28(43,44)45,23-9-17(29(46,47)48)3-18(10-23)30(49,50)51)24-11-19(31(52,53)54)4-20(12-24)32(55,56)57;21-18(15-7-2-1-3-8-15)12-20-16-9-5-4-6-14(16)10-11-17(20)19(22)23-13-24/h1-12H;1-11H,12-13H2/q-1;/p+1. The molecule has 0 N–H and O–H groups in total. The molecule has 0 atom stereocenters. The van der Waals surface area contributed by atoms with Crippen LogP contribution in [0.1, 0.15) is 65.4 Å². The van der Waals surface area contributed by atoms with E-state index in [4.69, 9.17) is 4.74 Å². The van der Waals surface area contributed by atoms with Crippen LogP contribution >= 0.6 is 12.6 Å². The number of hydrogen-bond acceptors (Lipinski definition) is 4. The third kappa shape index (κ3) is 14.2. The average Bonchev–Trinajstić information content (AvgIpc) is 3.49. The number of Topliss-reactive ketones (excluding diaryl/α,β-unsaturated/α-hetero) is 1. The van der Waals surface area contributed by atoms with Gasteiger partial charge in [-0.15, -0.1) is 12.6 Å². The second-order valence-electron chi connectivity index (χ2n) is 17.4. The quantitative estimate of drug-likeness (QED) is 0.0298. The molecule has 0 saturated heterocycles. The second-order valence-corrected chi connectivity index (χ2v) is 17.7. The predicted molar refractivity (Wildman–Crippen MR) is 244 cm³/mol. The van der Waals surface area contributed by atoms with Crippen molar-refractivity contribution in [2.45, 2.75) is 56.0 Å². The first-order valence-corrected chi connectivity index (χ1v) is 22.7. The first-order valence-electron chi connectivity index (χ1n) is 22.1. The van der Waals surface area contributed by atoms with Gasteiger partial charge in [0.1, 0.15) is 12.1 Å². The van der Waals surface area contributed by atoms with Gasteiger partial charge in [-0.25, -0.2) is 4.79 Å². The molecule has 0 amide bonds. The van der Waals surface area contributed by atoms with Crippen molar-refractivity contribution in [2.75, 3.05) is 5.94 Å². The van der Waals surface area contributed by atoms with Crippen LogP contribution < -0.4 is 26.4 Å². The van der Waals surface area contributed by atoms with E-state index in [1.807, 2.05) is 48.5 Å². The van der Waals surface area contributed by atoms with Gasteiger partial charge in [-0.1, -0.05) is 91.0 Å². The maximum absolute atomic E-state index is 14.2. The number of esters is 1. The molecule has 0 unspecified atom stereocenters. The monoisotopic (exact) mass is 1200 g/mol. The van der Waals surface area contributed by atoms with Crippen LogP contribution in [0.2, 0.25) is 0 Å². The van der Waals surface area contributed by atoms with Crippen molar-refractivity contribution in [1.82, 2.24) is 0 Å². The summed E-state index contributed by atoms with van der Waals surface area (Å²) in [5.74, 6) is -0.591. The number of ketones is 1. The van der Waals surface area contributed by atoms with Crippen LogP contribution in [0.25, 0.3) is 10.9 Å². The van der Waals surface area contributed by atoms with Crippen molar-refractivity contribution in [2.24, 2.45) is 0 Å². The van der Waals surface area contributed by atoms with Gasteiger partial charge in [0, 0.05) is 23.1 Å². The summed E-state index contributed by atoms with van der Waals surface area (Å²) in [4.78, 5) is 24.8. The van der Waals surface area contributed by atoms with Crippen LogP contribution in [0.15, 0.2) is 140 Å². The van der Waals surface area contributed by atoms with E-state index in [0.717, 1.165) is 10.9 Å². The van der Waals surface area contributed by atoms with Gasteiger partial charge in [0.2, 0.25) is 17.8 Å². The van der Waals surface area contributed by atoms with Crippen LogP contribution in [-0.4, -0.2) is 23.8 Å². The molecule has 0 saturated carbocycles. The minimum Gasteiger partial charge on any atom is -0.447 e. The number of halogens is 24. The topological polar surface area (TPSA) is 47.2 Å². The summed E-state index contributed by atoms with van der Waals surface area (Å²) in [6.07, 6.45) is -54.8. The maximum Gasteiger partial charge on any atom is 0.416 e. The number of aromatic nitrogens is 1. The Balaban J connectivity index is 0.000000363. The summed E-state index contributed by atoms with van der Waals surface area (Å²) >= 11 is 3.93. The van der Waals surface area contributed by atoms with Crippen molar-refractivity contribution >= 4 is 63.3 Å². The SMILES string of the molecule is FC(F)(F)c1cc([B-](c2cc(C(F)(F)F)cc(C(F)(F)F)c2)(c2cc(C(F)(F)F)cc(C(F)(F)F)c2)c2cc(C(F)(F)F)cc(C(F)(F)F)c2)cc(C(F)(F)F)c1.O=C(C[n+]1c(C(=O)OCS)ccc2ccccc21)c1ccccc1. The van der Waals surface area contributed by atoms with Gasteiger partial charge in [0.15, 0.2) is 0 Å². The molecule has 0 aliphatic rings. The molecule has 1 aromatic heterocycles. The van der Waals surface area contributed by atoms with E-state index in [0.29, 0.717) is 11.3 Å². The highest BCUT2D eigenvalue weighted by Crippen LogP contribution is 2.41. The zero-order valence-electron chi connectivity index (χ0n) is 39.5. The van der Waals surface area contributed by atoms with E-state index in [9.17, 15) is 115 Å². The fourth-order valence-corrected chi connectivity index (χ4v) is 8.79. The molecule has 0 fully saturated rings. The predicted octanol–water partition coefficient (Wildman–Crippen LogP) is 14.3. The van der Waals surface area contributed by atoms with Crippen molar-refractivity contribution in [3.05, 3.63) is 195 Å². The third-order valence-electron chi connectivity index (χ3n) is 12.2. The Kier molecular flexibility index (Phi) is 17.2. The largest absolute Gasteiger partial charge is 0.447 e. The molecule has 7 rings (SSSR count). The van der Waals surface area contributed by atoms with Crippen LogP contribution in [0.4, 0.5) is 105 Å².